The van der Waals surface area contributed by atoms with Crippen LogP contribution in [0.1, 0.15) is 28.9 Å². The molecule has 0 unspecified atom stereocenters. The molecule has 3 aliphatic rings. The summed E-state index contributed by atoms with van der Waals surface area (Å²) in [6.07, 6.45) is 3.25. The highest BCUT2D eigenvalue weighted by Crippen LogP contribution is 2.29. The average molecular weight is 385 g/mol. The second-order valence-corrected chi connectivity index (χ2v) is 7.48. The Bertz CT molecular complexity index is 890. The minimum atomic E-state index is -0.708. The van der Waals surface area contributed by atoms with Gasteiger partial charge in [0.1, 0.15) is 17.3 Å². The Morgan fingerprint density at radius 1 is 1.07 bits per heavy atom. The van der Waals surface area contributed by atoms with Crippen molar-refractivity contribution in [3.05, 3.63) is 65.5 Å². The quantitative estimate of drug-likeness (QED) is 0.816. The van der Waals surface area contributed by atoms with Gasteiger partial charge in [-0.3, -0.25) is 14.6 Å². The molecule has 2 bridgehead atoms. The van der Waals surface area contributed by atoms with Crippen molar-refractivity contribution in [2.24, 2.45) is 5.92 Å². The van der Waals surface area contributed by atoms with E-state index >= 15 is 0 Å². The number of hydrogen-bond acceptors (Lipinski definition) is 3. The van der Waals surface area contributed by atoms with E-state index in [2.05, 4.69) is 4.98 Å². The molecule has 2 amide bonds. The number of carbonyl (C=O) groups is 2. The summed E-state index contributed by atoms with van der Waals surface area (Å²) in [6.45, 7) is 1.59. The molecule has 2 aromatic rings. The van der Waals surface area contributed by atoms with Gasteiger partial charge in [0.15, 0.2) is 0 Å². The second-order valence-electron chi connectivity index (χ2n) is 7.48. The third-order valence-corrected chi connectivity index (χ3v) is 5.56. The maximum absolute atomic E-state index is 13.9. The molecule has 5 rings (SSSR count). The molecule has 0 radical (unpaired) electrons. The number of nitrogens with zero attached hydrogens (tertiary/aromatic N) is 3. The molecule has 5 nitrogen and oxygen atoms in total. The van der Waals surface area contributed by atoms with Crippen LogP contribution in [-0.4, -0.2) is 52.3 Å². The molecule has 0 spiro atoms. The van der Waals surface area contributed by atoms with Crippen LogP contribution in [0.2, 0.25) is 0 Å². The number of rotatable bonds is 3. The van der Waals surface area contributed by atoms with E-state index in [0.29, 0.717) is 25.3 Å². The largest absolute Gasteiger partial charge is 0.337 e. The van der Waals surface area contributed by atoms with E-state index in [0.717, 1.165) is 25.0 Å². The van der Waals surface area contributed by atoms with E-state index < -0.39 is 11.6 Å². The summed E-state index contributed by atoms with van der Waals surface area (Å²) in [6, 6.07) is 8.41. The average Bonchev–Trinajstić information content (AvgIpc) is 3.02. The Balaban J connectivity index is 1.48. The fourth-order valence-electron chi connectivity index (χ4n) is 4.13. The predicted octanol–water partition coefficient (Wildman–Crippen LogP) is 2.67. The molecule has 3 saturated heterocycles. The highest BCUT2D eigenvalue weighted by atomic mass is 19.1. The molecule has 3 aliphatic heterocycles. The summed E-state index contributed by atoms with van der Waals surface area (Å²) in [4.78, 5) is 33.3. The van der Waals surface area contributed by atoms with Crippen LogP contribution < -0.4 is 0 Å². The van der Waals surface area contributed by atoms with Crippen molar-refractivity contribution >= 4 is 11.8 Å². The molecule has 0 N–H and O–H groups in total. The van der Waals surface area contributed by atoms with Gasteiger partial charge < -0.3 is 9.80 Å². The SMILES string of the molecule is O=C(c1ccccn1)N1C[C@@H]2CC[C@H](C1)N(C(=O)Cc1ccc(F)cc1F)C2. The van der Waals surface area contributed by atoms with E-state index in [1.807, 2.05) is 0 Å². The smallest absolute Gasteiger partial charge is 0.272 e. The molecule has 1 aromatic heterocycles. The number of amides is 2. The molecular weight excluding hydrogens is 364 g/mol. The second kappa shape index (κ2) is 7.66. The van der Waals surface area contributed by atoms with Crippen LogP contribution in [0.4, 0.5) is 8.78 Å². The minimum Gasteiger partial charge on any atom is -0.337 e. The monoisotopic (exact) mass is 385 g/mol. The molecule has 7 heteroatoms. The first kappa shape index (κ1) is 18.5. The van der Waals surface area contributed by atoms with E-state index in [4.69, 9.17) is 0 Å². The van der Waals surface area contributed by atoms with Gasteiger partial charge >= 0.3 is 0 Å². The highest BCUT2D eigenvalue weighted by Gasteiger charge is 2.39. The van der Waals surface area contributed by atoms with Crippen LogP contribution in [0.15, 0.2) is 42.6 Å². The molecule has 1 aromatic carbocycles. The van der Waals surface area contributed by atoms with Crippen molar-refractivity contribution in [3.63, 3.8) is 0 Å². The number of benzene rings is 1. The van der Waals surface area contributed by atoms with E-state index in [-0.39, 0.29) is 35.8 Å². The van der Waals surface area contributed by atoms with E-state index in [1.54, 1.807) is 34.2 Å². The van der Waals surface area contributed by atoms with Crippen molar-refractivity contribution in [1.29, 1.82) is 0 Å². The molecule has 3 fully saturated rings. The van der Waals surface area contributed by atoms with Crippen LogP contribution in [-0.2, 0) is 11.2 Å². The number of piperidine rings is 1. The molecule has 4 heterocycles. The van der Waals surface area contributed by atoms with Crippen LogP contribution in [0, 0.1) is 17.6 Å². The third-order valence-electron chi connectivity index (χ3n) is 5.56. The van der Waals surface area contributed by atoms with Gasteiger partial charge in [0.05, 0.1) is 6.42 Å². The number of pyridine rings is 1. The Kier molecular flexibility index (Phi) is 5.07. The standard InChI is InChI=1S/C21H21F2N3O2/c22-16-6-5-15(18(23)10-16)9-20(27)26-12-14-4-7-17(26)13-25(11-14)21(28)19-3-1-2-8-24-19/h1-3,5-6,8,10,14,17H,4,7,9,11-13H2/t14-,17+/m0/s1. The highest BCUT2D eigenvalue weighted by molar-refractivity contribution is 5.92. The molecule has 2 atom stereocenters. The first-order valence-electron chi connectivity index (χ1n) is 9.45. The maximum Gasteiger partial charge on any atom is 0.272 e. The van der Waals surface area contributed by atoms with E-state index in [1.165, 1.54) is 6.07 Å². The summed E-state index contributed by atoms with van der Waals surface area (Å²) in [7, 11) is 0. The predicted molar refractivity (Wildman–Crippen MR) is 98.4 cm³/mol. The summed E-state index contributed by atoms with van der Waals surface area (Å²) in [5, 5.41) is 0. The Morgan fingerprint density at radius 2 is 1.93 bits per heavy atom. The Hall–Kier alpha value is -2.83. The zero-order valence-electron chi connectivity index (χ0n) is 15.4. The maximum atomic E-state index is 13.9. The van der Waals surface area contributed by atoms with Gasteiger partial charge in [-0.25, -0.2) is 8.78 Å². The van der Waals surface area contributed by atoms with Crippen molar-refractivity contribution < 1.29 is 18.4 Å². The molecule has 28 heavy (non-hydrogen) atoms. The molecule has 0 saturated carbocycles. The van der Waals surface area contributed by atoms with Crippen LogP contribution in [0.25, 0.3) is 0 Å². The fraction of sp³-hybridized carbons (Fsp3) is 0.381. The van der Waals surface area contributed by atoms with Gasteiger partial charge in [0.2, 0.25) is 5.91 Å². The van der Waals surface area contributed by atoms with Crippen molar-refractivity contribution in [2.45, 2.75) is 25.3 Å². The number of aromatic nitrogens is 1. The van der Waals surface area contributed by atoms with Gasteiger partial charge in [-0.15, -0.1) is 0 Å². The van der Waals surface area contributed by atoms with Crippen LogP contribution in [0.5, 0.6) is 0 Å². The first-order valence-corrected chi connectivity index (χ1v) is 9.45. The number of halogens is 2. The summed E-state index contributed by atoms with van der Waals surface area (Å²) in [5.41, 5.74) is 0.586. The van der Waals surface area contributed by atoms with Gasteiger partial charge in [0.25, 0.3) is 5.91 Å². The topological polar surface area (TPSA) is 53.5 Å². The van der Waals surface area contributed by atoms with Crippen molar-refractivity contribution in [1.82, 2.24) is 14.8 Å². The number of hydrogen-bond donors (Lipinski definition) is 0. The summed E-state index contributed by atoms with van der Waals surface area (Å²) < 4.78 is 27.0. The summed E-state index contributed by atoms with van der Waals surface area (Å²) in [5.74, 6) is -1.50. The lowest BCUT2D eigenvalue weighted by Gasteiger charge is -2.36. The lowest BCUT2D eigenvalue weighted by molar-refractivity contribution is -0.134. The van der Waals surface area contributed by atoms with Gasteiger partial charge in [-0.2, -0.15) is 0 Å². The summed E-state index contributed by atoms with van der Waals surface area (Å²) >= 11 is 0. The minimum absolute atomic E-state index is 0.0950. The Labute approximate surface area is 162 Å². The molecule has 0 aliphatic carbocycles. The van der Waals surface area contributed by atoms with E-state index in [9.17, 15) is 18.4 Å². The van der Waals surface area contributed by atoms with Gasteiger partial charge in [0, 0.05) is 37.9 Å². The zero-order valence-corrected chi connectivity index (χ0v) is 15.4. The number of carbonyl (C=O) groups excluding carboxylic acids is 2. The Morgan fingerprint density at radius 3 is 2.68 bits per heavy atom. The fourth-order valence-corrected chi connectivity index (χ4v) is 4.13. The zero-order chi connectivity index (χ0) is 19.7. The van der Waals surface area contributed by atoms with Gasteiger partial charge in [-0.1, -0.05) is 12.1 Å². The normalized spacial score (nSPS) is 21.5. The third kappa shape index (κ3) is 3.74. The first-order chi connectivity index (χ1) is 13.5. The van der Waals surface area contributed by atoms with Crippen molar-refractivity contribution in [2.75, 3.05) is 19.6 Å². The van der Waals surface area contributed by atoms with Crippen LogP contribution in [0.3, 0.4) is 0 Å². The van der Waals surface area contributed by atoms with Crippen LogP contribution >= 0.6 is 0 Å². The molecular formula is C21H21F2N3O2. The lowest BCUT2D eigenvalue weighted by atomic mass is 9.94. The van der Waals surface area contributed by atoms with Crippen molar-refractivity contribution in [3.8, 4) is 0 Å². The van der Waals surface area contributed by atoms with Gasteiger partial charge in [-0.05, 0) is 42.5 Å². The lowest BCUT2D eigenvalue weighted by Crippen LogP contribution is -2.48. The number of fused-ring (bicyclic) bond motifs is 4. The molecule has 146 valence electrons.